The summed E-state index contributed by atoms with van der Waals surface area (Å²) >= 11 is 0. The van der Waals surface area contributed by atoms with Crippen molar-refractivity contribution in [1.29, 1.82) is 0 Å². The molecule has 7 heteroatoms. The van der Waals surface area contributed by atoms with E-state index in [-0.39, 0.29) is 18.1 Å². The summed E-state index contributed by atoms with van der Waals surface area (Å²) in [5.74, 6) is 2.76. The van der Waals surface area contributed by atoms with Crippen molar-refractivity contribution in [3.63, 3.8) is 0 Å². The van der Waals surface area contributed by atoms with Crippen LogP contribution >= 0.6 is 0 Å². The highest BCUT2D eigenvalue weighted by Gasteiger charge is 2.36. The Labute approximate surface area is 194 Å². The second kappa shape index (κ2) is 9.65. The fraction of sp³-hybridized carbons (Fsp3) is 0.423. The van der Waals surface area contributed by atoms with Gasteiger partial charge in [0.1, 0.15) is 6.04 Å². The standard InChI is InChI=1S/C26H31N3O4/c1-16(2)19-8-6-18(7-9-19)15-29-21(11-13-24(29)30)26-27-25(28-33-26)20-10-12-22(32-17(3)4)23(14-20)31-5/h6-10,12,14,16-17,21H,11,13,15H2,1-5H3. The van der Waals surface area contributed by atoms with Crippen LogP contribution in [-0.4, -0.2) is 34.2 Å². The first-order chi connectivity index (χ1) is 15.9. The summed E-state index contributed by atoms with van der Waals surface area (Å²) in [5, 5.41) is 4.17. The van der Waals surface area contributed by atoms with E-state index in [1.807, 2.05) is 36.9 Å². The van der Waals surface area contributed by atoms with Crippen LogP contribution in [0, 0.1) is 0 Å². The average Bonchev–Trinajstić information content (AvgIpc) is 3.41. The Morgan fingerprint density at radius 1 is 1.09 bits per heavy atom. The van der Waals surface area contributed by atoms with Crippen molar-refractivity contribution in [3.05, 3.63) is 59.5 Å². The van der Waals surface area contributed by atoms with E-state index < -0.39 is 0 Å². The molecule has 0 saturated carbocycles. The van der Waals surface area contributed by atoms with Crippen LogP contribution < -0.4 is 9.47 Å². The monoisotopic (exact) mass is 449 g/mol. The van der Waals surface area contributed by atoms with Crippen LogP contribution in [0.4, 0.5) is 0 Å². The van der Waals surface area contributed by atoms with Gasteiger partial charge in [0.15, 0.2) is 11.5 Å². The highest BCUT2D eigenvalue weighted by atomic mass is 16.5. The number of nitrogens with zero attached hydrogens (tertiary/aromatic N) is 3. The number of carbonyl (C=O) groups is 1. The van der Waals surface area contributed by atoms with E-state index in [1.54, 1.807) is 7.11 Å². The van der Waals surface area contributed by atoms with Crippen molar-refractivity contribution >= 4 is 5.91 Å². The molecule has 1 fully saturated rings. The van der Waals surface area contributed by atoms with E-state index in [0.29, 0.717) is 48.5 Å². The number of likely N-dealkylation sites (tertiary alicyclic amines) is 1. The predicted molar refractivity (Wildman–Crippen MR) is 125 cm³/mol. The highest BCUT2D eigenvalue weighted by molar-refractivity contribution is 5.79. The van der Waals surface area contributed by atoms with Crippen LogP contribution in [0.25, 0.3) is 11.4 Å². The summed E-state index contributed by atoms with van der Waals surface area (Å²) in [5.41, 5.74) is 3.13. The lowest BCUT2D eigenvalue weighted by Gasteiger charge is -2.22. The summed E-state index contributed by atoms with van der Waals surface area (Å²) in [4.78, 5) is 19.1. The number of hydrogen-bond acceptors (Lipinski definition) is 6. The lowest BCUT2D eigenvalue weighted by molar-refractivity contribution is -0.129. The molecule has 174 valence electrons. The van der Waals surface area contributed by atoms with E-state index in [9.17, 15) is 4.79 Å². The molecule has 1 unspecified atom stereocenters. The fourth-order valence-corrected chi connectivity index (χ4v) is 4.04. The van der Waals surface area contributed by atoms with Gasteiger partial charge in [0.05, 0.1) is 13.2 Å². The predicted octanol–water partition coefficient (Wildman–Crippen LogP) is 5.52. The first-order valence-corrected chi connectivity index (χ1v) is 11.4. The van der Waals surface area contributed by atoms with E-state index in [4.69, 9.17) is 14.0 Å². The van der Waals surface area contributed by atoms with Gasteiger partial charge in [-0.25, -0.2) is 0 Å². The summed E-state index contributed by atoms with van der Waals surface area (Å²) in [7, 11) is 1.60. The molecule has 1 aliphatic heterocycles. The van der Waals surface area contributed by atoms with E-state index in [2.05, 4.69) is 48.3 Å². The Bertz CT molecular complexity index is 1100. The maximum absolute atomic E-state index is 12.6. The van der Waals surface area contributed by atoms with Crippen molar-refractivity contribution in [2.75, 3.05) is 7.11 Å². The molecule has 1 aliphatic rings. The first kappa shape index (κ1) is 22.8. The van der Waals surface area contributed by atoms with Gasteiger partial charge in [0.25, 0.3) is 0 Å². The Kier molecular flexibility index (Phi) is 6.67. The lowest BCUT2D eigenvalue weighted by atomic mass is 10.0. The smallest absolute Gasteiger partial charge is 0.249 e. The third-order valence-corrected chi connectivity index (χ3v) is 5.84. The summed E-state index contributed by atoms with van der Waals surface area (Å²) in [6.45, 7) is 8.79. The molecule has 0 N–H and O–H groups in total. The first-order valence-electron chi connectivity index (χ1n) is 11.4. The van der Waals surface area contributed by atoms with Gasteiger partial charge in [-0.05, 0) is 55.5 Å². The number of benzene rings is 2. The molecule has 3 aromatic rings. The number of ether oxygens (including phenoxy) is 2. The van der Waals surface area contributed by atoms with E-state index >= 15 is 0 Å². The molecule has 1 atom stereocenters. The quantitative estimate of drug-likeness (QED) is 0.451. The number of aromatic nitrogens is 2. The highest BCUT2D eigenvalue weighted by Crippen LogP contribution is 2.36. The largest absolute Gasteiger partial charge is 0.493 e. The minimum atomic E-state index is -0.228. The Hall–Kier alpha value is -3.35. The van der Waals surface area contributed by atoms with Crippen LogP contribution in [-0.2, 0) is 11.3 Å². The average molecular weight is 450 g/mol. The molecule has 0 spiro atoms. The van der Waals surface area contributed by atoms with Gasteiger partial charge in [-0.3, -0.25) is 4.79 Å². The zero-order valence-corrected chi connectivity index (χ0v) is 19.9. The summed E-state index contributed by atoms with van der Waals surface area (Å²) < 4.78 is 16.9. The lowest BCUT2D eigenvalue weighted by Crippen LogP contribution is -2.27. The number of carbonyl (C=O) groups excluding carboxylic acids is 1. The van der Waals surface area contributed by atoms with Gasteiger partial charge in [-0.2, -0.15) is 4.98 Å². The molecule has 1 saturated heterocycles. The summed E-state index contributed by atoms with van der Waals surface area (Å²) in [6.07, 6.45) is 1.17. The molecule has 0 bridgehead atoms. The van der Waals surface area contributed by atoms with Crippen LogP contribution in [0.1, 0.15) is 69.5 Å². The molecule has 4 rings (SSSR count). The second-order valence-corrected chi connectivity index (χ2v) is 8.96. The topological polar surface area (TPSA) is 77.7 Å². The van der Waals surface area contributed by atoms with Gasteiger partial charge in [-0.1, -0.05) is 43.3 Å². The third kappa shape index (κ3) is 5.02. The maximum atomic E-state index is 12.6. The molecule has 2 aromatic carbocycles. The van der Waals surface area contributed by atoms with Crippen LogP contribution in [0.5, 0.6) is 11.5 Å². The van der Waals surface area contributed by atoms with Crippen molar-refractivity contribution in [3.8, 4) is 22.9 Å². The summed E-state index contributed by atoms with van der Waals surface area (Å²) in [6, 6.07) is 13.8. The maximum Gasteiger partial charge on any atom is 0.249 e. The number of hydrogen-bond donors (Lipinski definition) is 0. The van der Waals surface area contributed by atoms with Crippen molar-refractivity contribution < 1.29 is 18.8 Å². The van der Waals surface area contributed by atoms with Gasteiger partial charge in [-0.15, -0.1) is 0 Å². The third-order valence-electron chi connectivity index (χ3n) is 5.84. The molecule has 33 heavy (non-hydrogen) atoms. The van der Waals surface area contributed by atoms with Crippen LogP contribution in [0.3, 0.4) is 0 Å². The number of methoxy groups -OCH3 is 1. The zero-order valence-electron chi connectivity index (χ0n) is 19.9. The molecular formula is C26H31N3O4. The number of amides is 1. The van der Waals surface area contributed by atoms with E-state index in [0.717, 1.165) is 11.1 Å². The van der Waals surface area contributed by atoms with Crippen LogP contribution in [0.15, 0.2) is 47.0 Å². The Morgan fingerprint density at radius 2 is 1.85 bits per heavy atom. The van der Waals surface area contributed by atoms with Gasteiger partial charge in [0, 0.05) is 18.5 Å². The minimum Gasteiger partial charge on any atom is -0.493 e. The fourth-order valence-electron chi connectivity index (χ4n) is 4.04. The minimum absolute atomic E-state index is 0.0361. The Morgan fingerprint density at radius 3 is 2.52 bits per heavy atom. The van der Waals surface area contributed by atoms with Gasteiger partial charge >= 0.3 is 0 Å². The van der Waals surface area contributed by atoms with Crippen molar-refractivity contribution in [2.24, 2.45) is 0 Å². The molecule has 0 aliphatic carbocycles. The number of rotatable bonds is 8. The van der Waals surface area contributed by atoms with Gasteiger partial charge < -0.3 is 18.9 Å². The molecule has 0 radical (unpaired) electrons. The van der Waals surface area contributed by atoms with Crippen molar-refractivity contribution in [1.82, 2.24) is 15.0 Å². The molecule has 7 nitrogen and oxygen atoms in total. The molecular weight excluding hydrogens is 418 g/mol. The molecule has 2 heterocycles. The van der Waals surface area contributed by atoms with E-state index in [1.165, 1.54) is 5.56 Å². The van der Waals surface area contributed by atoms with Gasteiger partial charge in [0.2, 0.25) is 17.6 Å². The molecule has 1 aromatic heterocycles. The normalized spacial score (nSPS) is 16.2. The zero-order chi connectivity index (χ0) is 23.5. The SMILES string of the molecule is COc1cc(-c2noc(C3CCC(=O)N3Cc3ccc(C(C)C)cc3)n2)ccc1OC(C)C. The molecule has 1 amide bonds. The Balaban J connectivity index is 1.54. The van der Waals surface area contributed by atoms with Crippen molar-refractivity contribution in [2.45, 2.75) is 65.1 Å². The second-order valence-electron chi connectivity index (χ2n) is 8.96. The van der Waals surface area contributed by atoms with Crippen LogP contribution in [0.2, 0.25) is 0 Å².